The average molecular weight is 209 g/mol. The Hall–Kier alpha value is -1.43. The van der Waals surface area contributed by atoms with Gasteiger partial charge in [-0.25, -0.2) is 4.68 Å². The van der Waals surface area contributed by atoms with E-state index in [0.29, 0.717) is 5.95 Å². The van der Waals surface area contributed by atoms with E-state index in [1.54, 1.807) is 11.7 Å². The second kappa shape index (κ2) is 3.62. The van der Waals surface area contributed by atoms with Crippen molar-refractivity contribution in [3.05, 3.63) is 6.33 Å². The highest BCUT2D eigenvalue weighted by Crippen LogP contribution is 2.25. The molecular weight excluding hydrogens is 194 g/mol. The topological polar surface area (TPSA) is 71.8 Å². The van der Waals surface area contributed by atoms with E-state index in [1.807, 2.05) is 6.92 Å². The molecule has 0 bridgehead atoms. The Kier molecular flexibility index (Phi) is 2.44. The Morgan fingerprint density at radius 2 is 2.53 bits per heavy atom. The fourth-order valence-electron chi connectivity index (χ4n) is 1.67. The summed E-state index contributed by atoms with van der Waals surface area (Å²) in [7, 11) is 1.75. The van der Waals surface area contributed by atoms with Gasteiger partial charge in [0.2, 0.25) is 11.9 Å². The zero-order valence-corrected chi connectivity index (χ0v) is 8.95. The molecule has 1 aromatic heterocycles. The van der Waals surface area contributed by atoms with Crippen molar-refractivity contribution in [2.24, 2.45) is 12.5 Å². The number of nitrogens with zero attached hydrogens (tertiary/aromatic N) is 3. The third-order valence-electron chi connectivity index (χ3n) is 2.85. The first-order chi connectivity index (χ1) is 7.12. The summed E-state index contributed by atoms with van der Waals surface area (Å²) >= 11 is 0. The van der Waals surface area contributed by atoms with Crippen LogP contribution in [0.3, 0.4) is 0 Å². The van der Waals surface area contributed by atoms with Gasteiger partial charge in [-0.05, 0) is 19.9 Å². The van der Waals surface area contributed by atoms with Crippen LogP contribution in [-0.4, -0.2) is 33.8 Å². The minimum absolute atomic E-state index is 0.00333. The monoisotopic (exact) mass is 209 g/mol. The van der Waals surface area contributed by atoms with Gasteiger partial charge in [-0.2, -0.15) is 10.1 Å². The molecule has 1 atom stereocenters. The van der Waals surface area contributed by atoms with Crippen LogP contribution in [0.1, 0.15) is 13.3 Å². The molecule has 1 amide bonds. The molecule has 2 heterocycles. The summed E-state index contributed by atoms with van der Waals surface area (Å²) in [6.45, 7) is 3.57. The van der Waals surface area contributed by atoms with Gasteiger partial charge < -0.3 is 5.32 Å². The molecule has 0 aliphatic carbocycles. The van der Waals surface area contributed by atoms with Gasteiger partial charge in [-0.3, -0.25) is 10.1 Å². The Morgan fingerprint density at radius 1 is 1.73 bits per heavy atom. The number of aryl methyl sites for hydroxylation is 1. The van der Waals surface area contributed by atoms with Crippen molar-refractivity contribution >= 4 is 11.9 Å². The summed E-state index contributed by atoms with van der Waals surface area (Å²) in [6.07, 6.45) is 2.28. The molecule has 1 aliphatic rings. The quantitative estimate of drug-likeness (QED) is 0.704. The van der Waals surface area contributed by atoms with E-state index in [9.17, 15) is 4.79 Å². The molecule has 0 saturated carbocycles. The van der Waals surface area contributed by atoms with Crippen LogP contribution < -0.4 is 10.6 Å². The van der Waals surface area contributed by atoms with Crippen molar-refractivity contribution in [3.63, 3.8) is 0 Å². The maximum absolute atomic E-state index is 12.0. The Balaban J connectivity index is 2.07. The molecule has 2 N–H and O–H groups in total. The highest BCUT2D eigenvalue weighted by molar-refractivity contribution is 5.94. The van der Waals surface area contributed by atoms with E-state index < -0.39 is 0 Å². The van der Waals surface area contributed by atoms with Crippen LogP contribution in [0.4, 0.5) is 5.95 Å². The summed E-state index contributed by atoms with van der Waals surface area (Å²) in [4.78, 5) is 15.9. The van der Waals surface area contributed by atoms with E-state index in [1.165, 1.54) is 6.33 Å². The highest BCUT2D eigenvalue weighted by Gasteiger charge is 2.36. The number of carbonyl (C=O) groups excluding carboxylic acids is 1. The summed E-state index contributed by atoms with van der Waals surface area (Å²) in [5.41, 5.74) is -0.327. The van der Waals surface area contributed by atoms with Crippen LogP contribution in [0, 0.1) is 5.41 Å². The number of anilines is 1. The molecule has 1 unspecified atom stereocenters. The fourth-order valence-corrected chi connectivity index (χ4v) is 1.67. The van der Waals surface area contributed by atoms with E-state index in [2.05, 4.69) is 20.7 Å². The second-order valence-electron chi connectivity index (χ2n) is 4.15. The minimum Gasteiger partial charge on any atom is -0.316 e. The van der Waals surface area contributed by atoms with E-state index in [-0.39, 0.29) is 11.3 Å². The van der Waals surface area contributed by atoms with Gasteiger partial charge in [0.25, 0.3) is 0 Å². The number of amides is 1. The SMILES string of the molecule is Cn1ncnc1NC(=O)C1(C)CCNC1. The standard InChI is InChI=1S/C9H15N5O/c1-9(3-4-10-5-9)7(15)13-8-11-6-12-14(8)2/h6,10H,3-5H2,1-2H3,(H,11,12,13,15). The van der Waals surface area contributed by atoms with Crippen molar-refractivity contribution in [1.29, 1.82) is 0 Å². The molecule has 1 fully saturated rings. The van der Waals surface area contributed by atoms with Crippen molar-refractivity contribution < 1.29 is 4.79 Å². The molecule has 15 heavy (non-hydrogen) atoms. The number of hydrogen-bond donors (Lipinski definition) is 2. The molecule has 1 aliphatic heterocycles. The number of rotatable bonds is 2. The molecular formula is C9H15N5O. The average Bonchev–Trinajstić information content (AvgIpc) is 2.78. The zero-order chi connectivity index (χ0) is 10.9. The number of hydrogen-bond acceptors (Lipinski definition) is 4. The normalized spacial score (nSPS) is 25.5. The van der Waals surface area contributed by atoms with E-state index in [0.717, 1.165) is 19.5 Å². The van der Waals surface area contributed by atoms with Crippen LogP contribution in [0.2, 0.25) is 0 Å². The molecule has 0 radical (unpaired) electrons. The van der Waals surface area contributed by atoms with E-state index in [4.69, 9.17) is 0 Å². The zero-order valence-electron chi connectivity index (χ0n) is 8.95. The maximum atomic E-state index is 12.0. The van der Waals surface area contributed by atoms with Crippen LogP contribution >= 0.6 is 0 Å². The van der Waals surface area contributed by atoms with Gasteiger partial charge in [0, 0.05) is 13.6 Å². The molecule has 1 aromatic rings. The van der Waals surface area contributed by atoms with Crippen molar-refractivity contribution in [2.45, 2.75) is 13.3 Å². The Labute approximate surface area is 88.1 Å². The largest absolute Gasteiger partial charge is 0.316 e. The highest BCUT2D eigenvalue weighted by atomic mass is 16.2. The Bertz CT molecular complexity index is 366. The van der Waals surface area contributed by atoms with Crippen molar-refractivity contribution in [1.82, 2.24) is 20.1 Å². The predicted molar refractivity (Wildman–Crippen MR) is 55.2 cm³/mol. The van der Waals surface area contributed by atoms with Crippen LogP contribution in [0.25, 0.3) is 0 Å². The second-order valence-corrected chi connectivity index (χ2v) is 4.15. The lowest BCUT2D eigenvalue weighted by molar-refractivity contribution is -0.123. The predicted octanol–water partition coefficient (Wildman–Crippen LogP) is -0.247. The summed E-state index contributed by atoms with van der Waals surface area (Å²) in [5, 5.41) is 9.86. The van der Waals surface area contributed by atoms with Crippen LogP contribution in [0.5, 0.6) is 0 Å². The third kappa shape index (κ3) is 1.85. The minimum atomic E-state index is -0.327. The molecule has 6 heteroatoms. The first-order valence-corrected chi connectivity index (χ1v) is 4.98. The summed E-state index contributed by atoms with van der Waals surface area (Å²) in [6, 6.07) is 0. The van der Waals surface area contributed by atoms with Gasteiger partial charge in [0.05, 0.1) is 5.41 Å². The van der Waals surface area contributed by atoms with Crippen molar-refractivity contribution in [3.8, 4) is 0 Å². The summed E-state index contributed by atoms with van der Waals surface area (Å²) < 4.78 is 1.55. The third-order valence-corrected chi connectivity index (χ3v) is 2.85. The Morgan fingerprint density at radius 3 is 3.07 bits per heavy atom. The fraction of sp³-hybridized carbons (Fsp3) is 0.667. The summed E-state index contributed by atoms with van der Waals surface area (Å²) in [5.74, 6) is 0.497. The first-order valence-electron chi connectivity index (χ1n) is 4.98. The first kappa shape index (κ1) is 10.1. The molecule has 0 aromatic carbocycles. The van der Waals surface area contributed by atoms with Gasteiger partial charge >= 0.3 is 0 Å². The molecule has 6 nitrogen and oxygen atoms in total. The maximum Gasteiger partial charge on any atom is 0.233 e. The smallest absolute Gasteiger partial charge is 0.233 e. The van der Waals surface area contributed by atoms with Gasteiger partial charge in [0.1, 0.15) is 6.33 Å². The number of nitrogens with one attached hydrogen (secondary N) is 2. The number of carbonyl (C=O) groups is 1. The molecule has 0 spiro atoms. The molecule has 1 saturated heterocycles. The van der Waals surface area contributed by atoms with E-state index >= 15 is 0 Å². The molecule has 2 rings (SSSR count). The lowest BCUT2D eigenvalue weighted by Crippen LogP contribution is -2.36. The molecule has 82 valence electrons. The van der Waals surface area contributed by atoms with Gasteiger partial charge in [-0.15, -0.1) is 0 Å². The van der Waals surface area contributed by atoms with Crippen LogP contribution in [-0.2, 0) is 11.8 Å². The van der Waals surface area contributed by atoms with Crippen LogP contribution in [0.15, 0.2) is 6.33 Å². The number of aromatic nitrogens is 3. The lowest BCUT2D eigenvalue weighted by Gasteiger charge is -2.20. The van der Waals surface area contributed by atoms with Gasteiger partial charge in [-0.1, -0.05) is 0 Å². The van der Waals surface area contributed by atoms with Crippen molar-refractivity contribution in [2.75, 3.05) is 18.4 Å². The lowest BCUT2D eigenvalue weighted by atomic mass is 9.89. The van der Waals surface area contributed by atoms with Gasteiger partial charge in [0.15, 0.2) is 0 Å².